The van der Waals surface area contributed by atoms with E-state index in [9.17, 15) is 9.59 Å². The lowest BCUT2D eigenvalue weighted by molar-refractivity contribution is -0.121. The molecule has 6 nitrogen and oxygen atoms in total. The van der Waals surface area contributed by atoms with E-state index in [0.717, 1.165) is 16.6 Å². The van der Waals surface area contributed by atoms with Gasteiger partial charge in [-0.3, -0.25) is 4.79 Å². The molecule has 0 saturated heterocycles. The third kappa shape index (κ3) is 2.36. The number of rotatable bonds is 3. The number of benzene rings is 1. The van der Waals surface area contributed by atoms with Crippen LogP contribution in [0.1, 0.15) is 5.56 Å². The van der Waals surface area contributed by atoms with Crippen molar-refractivity contribution in [1.82, 2.24) is 15.3 Å². The first-order chi connectivity index (χ1) is 8.10. The minimum atomic E-state index is -0.580. The summed E-state index contributed by atoms with van der Waals surface area (Å²) in [6.07, 6.45) is 0.433. The van der Waals surface area contributed by atoms with E-state index in [4.69, 9.17) is 5.73 Å². The standard InChI is InChI=1S/C11H14N4O2/c1-13-10(16)7(12)4-6-2-3-8-9(5-6)15-11(17)14-8/h2-3,5,7H,4,12H2,1H3,(H,13,16)(H2,14,15,17). The van der Waals surface area contributed by atoms with Crippen LogP contribution in [0.4, 0.5) is 0 Å². The van der Waals surface area contributed by atoms with E-state index in [2.05, 4.69) is 15.3 Å². The highest BCUT2D eigenvalue weighted by Crippen LogP contribution is 2.11. The van der Waals surface area contributed by atoms with Gasteiger partial charge in [-0.2, -0.15) is 0 Å². The first-order valence-corrected chi connectivity index (χ1v) is 5.28. The van der Waals surface area contributed by atoms with Crippen molar-refractivity contribution in [3.63, 3.8) is 0 Å². The van der Waals surface area contributed by atoms with Gasteiger partial charge in [0.15, 0.2) is 0 Å². The lowest BCUT2D eigenvalue weighted by atomic mass is 10.1. The van der Waals surface area contributed by atoms with E-state index in [1.54, 1.807) is 13.1 Å². The molecule has 1 atom stereocenters. The van der Waals surface area contributed by atoms with E-state index >= 15 is 0 Å². The number of carbonyl (C=O) groups is 1. The highest BCUT2D eigenvalue weighted by atomic mass is 16.2. The first kappa shape index (κ1) is 11.4. The first-order valence-electron chi connectivity index (χ1n) is 5.28. The van der Waals surface area contributed by atoms with E-state index in [1.165, 1.54) is 0 Å². The molecular weight excluding hydrogens is 220 g/mol. The maximum Gasteiger partial charge on any atom is 0.323 e. The molecular formula is C11H14N4O2. The van der Waals surface area contributed by atoms with Crippen molar-refractivity contribution >= 4 is 16.9 Å². The molecule has 1 heterocycles. The Labute approximate surface area is 97.2 Å². The number of hydrogen-bond acceptors (Lipinski definition) is 3. The van der Waals surface area contributed by atoms with Gasteiger partial charge in [-0.1, -0.05) is 6.07 Å². The monoisotopic (exact) mass is 234 g/mol. The fourth-order valence-electron chi connectivity index (χ4n) is 1.74. The highest BCUT2D eigenvalue weighted by molar-refractivity contribution is 5.82. The van der Waals surface area contributed by atoms with Crippen LogP contribution in [0.5, 0.6) is 0 Å². The molecule has 2 aromatic rings. The van der Waals surface area contributed by atoms with Gasteiger partial charge in [0.2, 0.25) is 5.91 Å². The van der Waals surface area contributed by atoms with Crippen LogP contribution < -0.4 is 16.7 Å². The normalized spacial score (nSPS) is 12.6. The maximum atomic E-state index is 11.3. The Hall–Kier alpha value is -2.08. The van der Waals surface area contributed by atoms with Crippen molar-refractivity contribution in [2.75, 3.05) is 7.05 Å². The average Bonchev–Trinajstić information content (AvgIpc) is 2.67. The Kier molecular flexibility index (Phi) is 2.97. The third-order valence-electron chi connectivity index (χ3n) is 2.62. The molecule has 1 amide bonds. The number of nitrogens with two attached hydrogens (primary N) is 1. The number of hydrogen-bond donors (Lipinski definition) is 4. The molecule has 0 saturated carbocycles. The van der Waals surface area contributed by atoms with Crippen LogP contribution in [-0.2, 0) is 11.2 Å². The number of likely N-dealkylation sites (N-methyl/N-ethyl adjacent to an activating group) is 1. The van der Waals surface area contributed by atoms with Gasteiger partial charge in [0.05, 0.1) is 17.1 Å². The SMILES string of the molecule is CNC(=O)C(N)Cc1ccc2[nH]c(=O)[nH]c2c1. The van der Waals surface area contributed by atoms with Crippen molar-refractivity contribution in [2.24, 2.45) is 5.73 Å². The molecule has 2 rings (SSSR count). The minimum Gasteiger partial charge on any atom is -0.358 e. The number of aromatic nitrogens is 2. The molecule has 90 valence electrons. The van der Waals surface area contributed by atoms with Crippen molar-refractivity contribution in [3.8, 4) is 0 Å². The fourth-order valence-corrected chi connectivity index (χ4v) is 1.74. The summed E-state index contributed by atoms with van der Waals surface area (Å²) in [5, 5.41) is 2.50. The van der Waals surface area contributed by atoms with Crippen LogP contribution >= 0.6 is 0 Å². The number of carbonyl (C=O) groups excluding carboxylic acids is 1. The van der Waals surface area contributed by atoms with Gasteiger partial charge < -0.3 is 21.0 Å². The molecule has 0 aliphatic carbocycles. The largest absolute Gasteiger partial charge is 0.358 e. The van der Waals surface area contributed by atoms with Crippen LogP contribution in [0.15, 0.2) is 23.0 Å². The number of fused-ring (bicyclic) bond motifs is 1. The summed E-state index contributed by atoms with van der Waals surface area (Å²) in [7, 11) is 1.55. The van der Waals surface area contributed by atoms with Gasteiger partial charge >= 0.3 is 5.69 Å². The van der Waals surface area contributed by atoms with Gasteiger partial charge in [0.1, 0.15) is 0 Å². The molecule has 0 spiro atoms. The predicted octanol–water partition coefficient (Wildman–Crippen LogP) is -0.528. The summed E-state index contributed by atoms with van der Waals surface area (Å²) in [6.45, 7) is 0. The van der Waals surface area contributed by atoms with Gasteiger partial charge in [0, 0.05) is 7.05 Å². The number of aromatic amines is 2. The topological polar surface area (TPSA) is 104 Å². The lowest BCUT2D eigenvalue weighted by Gasteiger charge is -2.09. The molecule has 1 unspecified atom stereocenters. The number of nitrogens with one attached hydrogen (secondary N) is 3. The zero-order chi connectivity index (χ0) is 12.4. The Balaban J connectivity index is 2.24. The quantitative estimate of drug-likeness (QED) is 0.574. The Bertz CT molecular complexity index is 599. The van der Waals surface area contributed by atoms with E-state index < -0.39 is 6.04 Å². The molecule has 1 aromatic carbocycles. The summed E-state index contributed by atoms with van der Waals surface area (Å²) in [5.74, 6) is -0.201. The molecule has 0 aliphatic heterocycles. The summed E-state index contributed by atoms with van der Waals surface area (Å²) in [4.78, 5) is 27.7. The summed E-state index contributed by atoms with van der Waals surface area (Å²) in [5.41, 5.74) is 7.84. The maximum absolute atomic E-state index is 11.3. The Morgan fingerprint density at radius 3 is 2.82 bits per heavy atom. The second-order valence-corrected chi connectivity index (χ2v) is 3.88. The summed E-state index contributed by atoms with van der Waals surface area (Å²) < 4.78 is 0. The van der Waals surface area contributed by atoms with Gasteiger partial charge in [-0.05, 0) is 24.1 Å². The van der Waals surface area contributed by atoms with E-state index in [1.807, 2.05) is 12.1 Å². The Morgan fingerprint density at radius 2 is 2.12 bits per heavy atom. The molecule has 1 aromatic heterocycles. The van der Waals surface area contributed by atoms with Crippen molar-refractivity contribution in [3.05, 3.63) is 34.2 Å². The van der Waals surface area contributed by atoms with E-state index in [-0.39, 0.29) is 11.6 Å². The molecule has 0 bridgehead atoms. The second kappa shape index (κ2) is 4.42. The summed E-state index contributed by atoms with van der Waals surface area (Å²) >= 11 is 0. The molecule has 17 heavy (non-hydrogen) atoms. The van der Waals surface area contributed by atoms with Crippen LogP contribution in [0.2, 0.25) is 0 Å². The minimum absolute atomic E-state index is 0.201. The third-order valence-corrected chi connectivity index (χ3v) is 2.62. The second-order valence-electron chi connectivity index (χ2n) is 3.88. The van der Waals surface area contributed by atoms with Crippen molar-refractivity contribution in [2.45, 2.75) is 12.5 Å². The van der Waals surface area contributed by atoms with Crippen molar-refractivity contribution < 1.29 is 4.79 Å². The van der Waals surface area contributed by atoms with Gasteiger partial charge in [0.25, 0.3) is 0 Å². The average molecular weight is 234 g/mol. The van der Waals surface area contributed by atoms with Crippen LogP contribution in [0.25, 0.3) is 11.0 Å². The van der Waals surface area contributed by atoms with Crippen LogP contribution in [0, 0.1) is 0 Å². The smallest absolute Gasteiger partial charge is 0.323 e. The lowest BCUT2D eigenvalue weighted by Crippen LogP contribution is -2.40. The van der Waals surface area contributed by atoms with Crippen molar-refractivity contribution in [1.29, 1.82) is 0 Å². The summed E-state index contributed by atoms with van der Waals surface area (Å²) in [6, 6.07) is 4.87. The van der Waals surface area contributed by atoms with Gasteiger partial charge in [-0.15, -0.1) is 0 Å². The molecule has 0 aliphatic rings. The number of imidazole rings is 1. The van der Waals surface area contributed by atoms with Gasteiger partial charge in [-0.25, -0.2) is 4.79 Å². The highest BCUT2D eigenvalue weighted by Gasteiger charge is 2.12. The molecule has 0 radical (unpaired) electrons. The van der Waals surface area contributed by atoms with Crippen LogP contribution in [-0.4, -0.2) is 29.0 Å². The van der Waals surface area contributed by atoms with E-state index in [0.29, 0.717) is 6.42 Å². The Morgan fingerprint density at radius 1 is 1.41 bits per heavy atom. The zero-order valence-corrected chi connectivity index (χ0v) is 9.41. The number of H-pyrrole nitrogens is 2. The van der Waals surface area contributed by atoms with Crippen LogP contribution in [0.3, 0.4) is 0 Å². The molecule has 6 heteroatoms. The fraction of sp³-hybridized carbons (Fsp3) is 0.273. The number of amides is 1. The molecule has 0 fully saturated rings. The molecule has 5 N–H and O–H groups in total. The predicted molar refractivity (Wildman–Crippen MR) is 64.7 cm³/mol. The zero-order valence-electron chi connectivity index (χ0n) is 9.41.